The molecule has 0 bridgehead atoms. The highest BCUT2D eigenvalue weighted by Crippen LogP contribution is 2.37. The molecule has 10 heteroatoms. The van der Waals surface area contributed by atoms with Gasteiger partial charge in [-0.1, -0.05) is 40.2 Å². The molecule has 3 unspecified atom stereocenters. The smallest absolute Gasteiger partial charge is 0.480 e. The largest absolute Gasteiger partial charge is 0.508 e. The second kappa shape index (κ2) is 14.2. The van der Waals surface area contributed by atoms with Crippen molar-refractivity contribution in [2.45, 2.75) is 78.4 Å². The van der Waals surface area contributed by atoms with Crippen LogP contribution in [0.3, 0.4) is 0 Å². The first-order chi connectivity index (χ1) is 16.0. The van der Waals surface area contributed by atoms with Gasteiger partial charge in [-0.25, -0.2) is 4.79 Å². The van der Waals surface area contributed by atoms with Gasteiger partial charge in [0.1, 0.15) is 12.1 Å². The number of carboxylic acid groups (broad SMARTS) is 1. The summed E-state index contributed by atoms with van der Waals surface area (Å²) in [7, 11) is 0. The number of ether oxygens (including phenoxy) is 4. The van der Waals surface area contributed by atoms with E-state index < -0.39 is 48.0 Å². The Labute approximate surface area is 199 Å². The number of carbonyl (C=O) groups is 4. The number of esters is 2. The van der Waals surface area contributed by atoms with E-state index in [4.69, 9.17) is 24.7 Å². The number of benzene rings is 1. The molecule has 0 aliphatic heterocycles. The highest BCUT2D eigenvalue weighted by atomic mass is 16.7. The summed E-state index contributed by atoms with van der Waals surface area (Å²) >= 11 is 0. The molecule has 34 heavy (non-hydrogen) atoms. The molecule has 0 aliphatic carbocycles. The van der Waals surface area contributed by atoms with Crippen molar-refractivity contribution in [2.75, 3.05) is 6.61 Å². The first kappa shape index (κ1) is 28.9. The number of aliphatic carboxylic acids is 1. The maximum atomic E-state index is 12.0. The number of unbranched alkanes of at least 4 members (excludes halogenated alkanes) is 1. The zero-order valence-corrected chi connectivity index (χ0v) is 20.4. The summed E-state index contributed by atoms with van der Waals surface area (Å²) in [6.07, 6.45) is 0.127. The first-order valence-electron chi connectivity index (χ1n) is 11.4. The number of hydrogen-bond acceptors (Lipinski definition) is 9. The minimum Gasteiger partial charge on any atom is -0.480 e. The molecule has 0 fully saturated rings. The molecule has 0 aromatic heterocycles. The number of carbonyl (C=O) groups excluding carboxylic acids is 3. The summed E-state index contributed by atoms with van der Waals surface area (Å²) in [6, 6.07) is 3.01. The highest BCUT2D eigenvalue weighted by Gasteiger charge is 2.36. The Bertz CT molecular complexity index is 855. The predicted octanol–water partition coefficient (Wildman–Crippen LogP) is 3.79. The van der Waals surface area contributed by atoms with Crippen molar-refractivity contribution in [3.05, 3.63) is 23.8 Å². The van der Waals surface area contributed by atoms with Gasteiger partial charge in [-0.05, 0) is 31.0 Å². The van der Waals surface area contributed by atoms with Gasteiger partial charge in [0, 0.05) is 24.7 Å². The van der Waals surface area contributed by atoms with Crippen LogP contribution >= 0.6 is 0 Å². The SMILES string of the molecule is CCCCOC(=O)OC(C)C(C)C(c1ccc(OC(=O)CC)c(OC(=O)CC)c1)[C@H](N)C(=O)O. The quantitative estimate of drug-likeness (QED) is 0.242. The van der Waals surface area contributed by atoms with Crippen molar-refractivity contribution < 1.29 is 43.2 Å². The molecule has 190 valence electrons. The summed E-state index contributed by atoms with van der Waals surface area (Å²) in [6.45, 7) is 8.71. The number of carboxylic acids is 1. The van der Waals surface area contributed by atoms with Crippen LogP contribution < -0.4 is 15.2 Å². The van der Waals surface area contributed by atoms with Crippen LogP contribution in [0.1, 0.15) is 71.8 Å². The lowest BCUT2D eigenvalue weighted by atomic mass is 9.79. The van der Waals surface area contributed by atoms with Crippen LogP contribution in [-0.4, -0.2) is 47.9 Å². The number of hydrogen-bond donors (Lipinski definition) is 2. The minimum atomic E-state index is -1.36. The van der Waals surface area contributed by atoms with Crippen LogP contribution in [0.25, 0.3) is 0 Å². The van der Waals surface area contributed by atoms with Gasteiger partial charge in [0.2, 0.25) is 0 Å². The number of rotatable bonds is 13. The minimum absolute atomic E-state index is 0.0245. The molecule has 0 radical (unpaired) electrons. The third-order valence-electron chi connectivity index (χ3n) is 5.36. The van der Waals surface area contributed by atoms with Crippen LogP contribution in [0, 0.1) is 5.92 Å². The topological polar surface area (TPSA) is 151 Å². The Balaban J connectivity index is 3.30. The van der Waals surface area contributed by atoms with Crippen molar-refractivity contribution in [3.8, 4) is 11.5 Å². The standard InChI is InChI=1S/C24H35NO9/c1-6-9-12-31-24(30)32-15(5)14(4)21(22(25)23(28)29)16-10-11-17(33-19(26)7-2)18(13-16)34-20(27)8-3/h10-11,13-15,21-22H,6-9,12,25H2,1-5H3,(H,28,29)/t14?,15?,21?,22-/m0/s1. The Hall–Kier alpha value is -3.14. The molecule has 4 atom stereocenters. The highest BCUT2D eigenvalue weighted by molar-refractivity contribution is 5.77. The molecule has 1 aromatic rings. The molecule has 0 amide bonds. The first-order valence-corrected chi connectivity index (χ1v) is 11.4. The van der Waals surface area contributed by atoms with E-state index in [1.165, 1.54) is 18.2 Å². The molecular formula is C24H35NO9. The maximum Gasteiger partial charge on any atom is 0.508 e. The molecule has 1 rings (SSSR count). The molecule has 1 aromatic carbocycles. The van der Waals surface area contributed by atoms with Crippen LogP contribution in [0.4, 0.5) is 4.79 Å². The Morgan fingerprint density at radius 3 is 2.09 bits per heavy atom. The lowest BCUT2D eigenvalue weighted by Gasteiger charge is -2.31. The fourth-order valence-corrected chi connectivity index (χ4v) is 3.16. The van der Waals surface area contributed by atoms with Crippen molar-refractivity contribution >= 4 is 24.1 Å². The van der Waals surface area contributed by atoms with Crippen LogP contribution in [0.15, 0.2) is 18.2 Å². The van der Waals surface area contributed by atoms with Crippen molar-refractivity contribution in [1.82, 2.24) is 0 Å². The molecular weight excluding hydrogens is 446 g/mol. The monoisotopic (exact) mass is 481 g/mol. The third-order valence-corrected chi connectivity index (χ3v) is 5.36. The second-order valence-electron chi connectivity index (χ2n) is 7.89. The fraction of sp³-hybridized carbons (Fsp3) is 0.583. The van der Waals surface area contributed by atoms with E-state index in [0.29, 0.717) is 12.0 Å². The van der Waals surface area contributed by atoms with E-state index in [1.807, 2.05) is 6.92 Å². The van der Waals surface area contributed by atoms with Gasteiger partial charge < -0.3 is 29.8 Å². The lowest BCUT2D eigenvalue weighted by Crippen LogP contribution is -2.42. The van der Waals surface area contributed by atoms with Crippen LogP contribution in [-0.2, 0) is 23.9 Å². The van der Waals surface area contributed by atoms with E-state index in [2.05, 4.69) is 0 Å². The zero-order valence-electron chi connectivity index (χ0n) is 20.4. The molecule has 0 spiro atoms. The third kappa shape index (κ3) is 8.66. The summed E-state index contributed by atoms with van der Waals surface area (Å²) in [5.41, 5.74) is 6.42. The van der Waals surface area contributed by atoms with E-state index in [1.54, 1.807) is 27.7 Å². The molecule has 0 saturated heterocycles. The molecule has 3 N–H and O–H groups in total. The lowest BCUT2D eigenvalue weighted by molar-refractivity contribution is -0.140. The summed E-state index contributed by atoms with van der Waals surface area (Å²) < 4.78 is 20.9. The predicted molar refractivity (Wildman–Crippen MR) is 123 cm³/mol. The van der Waals surface area contributed by atoms with E-state index >= 15 is 0 Å². The van der Waals surface area contributed by atoms with Gasteiger partial charge in [0.05, 0.1) is 6.61 Å². The van der Waals surface area contributed by atoms with Gasteiger partial charge in [-0.3, -0.25) is 14.4 Å². The maximum absolute atomic E-state index is 12.0. The average molecular weight is 482 g/mol. The van der Waals surface area contributed by atoms with Gasteiger partial charge in [-0.15, -0.1) is 0 Å². The van der Waals surface area contributed by atoms with E-state index in [0.717, 1.165) is 6.42 Å². The Morgan fingerprint density at radius 2 is 1.56 bits per heavy atom. The molecule has 0 heterocycles. The van der Waals surface area contributed by atoms with Gasteiger partial charge in [0.25, 0.3) is 0 Å². The van der Waals surface area contributed by atoms with Crippen molar-refractivity contribution in [2.24, 2.45) is 11.7 Å². The van der Waals surface area contributed by atoms with Crippen molar-refractivity contribution in [1.29, 1.82) is 0 Å². The average Bonchev–Trinajstić information content (AvgIpc) is 2.80. The van der Waals surface area contributed by atoms with Gasteiger partial charge in [0.15, 0.2) is 11.5 Å². The Kier molecular flexibility index (Phi) is 12.1. The number of nitrogens with two attached hydrogens (primary N) is 1. The van der Waals surface area contributed by atoms with E-state index in [-0.39, 0.29) is 30.9 Å². The normalized spacial score (nSPS) is 14.3. The second-order valence-corrected chi connectivity index (χ2v) is 7.89. The molecule has 0 aliphatic rings. The summed E-state index contributed by atoms with van der Waals surface area (Å²) in [4.78, 5) is 47.5. The summed E-state index contributed by atoms with van der Waals surface area (Å²) in [5.74, 6) is -3.77. The molecule has 0 saturated carbocycles. The summed E-state index contributed by atoms with van der Waals surface area (Å²) in [5, 5.41) is 9.62. The zero-order chi connectivity index (χ0) is 25.8. The van der Waals surface area contributed by atoms with E-state index in [9.17, 15) is 24.3 Å². The molecule has 10 nitrogen and oxygen atoms in total. The Morgan fingerprint density at radius 1 is 0.971 bits per heavy atom. The van der Waals surface area contributed by atoms with Gasteiger partial charge in [-0.2, -0.15) is 0 Å². The van der Waals surface area contributed by atoms with Crippen LogP contribution in [0.2, 0.25) is 0 Å². The van der Waals surface area contributed by atoms with Crippen LogP contribution in [0.5, 0.6) is 11.5 Å². The van der Waals surface area contributed by atoms with Crippen molar-refractivity contribution in [3.63, 3.8) is 0 Å². The fourth-order valence-electron chi connectivity index (χ4n) is 3.16. The van der Waals surface area contributed by atoms with Gasteiger partial charge >= 0.3 is 24.1 Å².